The molecule has 1 heterocycles. The minimum absolute atomic E-state index is 0.900. The Morgan fingerprint density at radius 3 is 2.61 bits per heavy atom. The Bertz CT molecular complexity index is 502. The SMILES string of the molecule is CCNCc1ccc(Sc2ccncc2)cc1Br. The van der Waals surface area contributed by atoms with Crippen molar-refractivity contribution in [1.29, 1.82) is 0 Å². The van der Waals surface area contributed by atoms with Crippen LogP contribution in [0, 0.1) is 0 Å². The van der Waals surface area contributed by atoms with Crippen LogP contribution < -0.4 is 5.32 Å². The zero-order valence-electron chi connectivity index (χ0n) is 10.2. The summed E-state index contributed by atoms with van der Waals surface area (Å²) >= 11 is 5.37. The average molecular weight is 323 g/mol. The fourth-order valence-electron chi connectivity index (χ4n) is 1.54. The third-order valence-corrected chi connectivity index (χ3v) is 4.21. The predicted molar refractivity (Wildman–Crippen MR) is 79.9 cm³/mol. The molecule has 0 aliphatic carbocycles. The summed E-state index contributed by atoms with van der Waals surface area (Å²) in [6.45, 7) is 4.00. The first-order chi connectivity index (χ1) is 8.79. The Labute approximate surface area is 120 Å². The molecule has 0 amide bonds. The maximum atomic E-state index is 4.02. The fourth-order valence-corrected chi connectivity index (χ4v) is 3.05. The molecule has 1 aromatic heterocycles. The van der Waals surface area contributed by atoms with E-state index in [1.807, 2.05) is 24.5 Å². The van der Waals surface area contributed by atoms with Gasteiger partial charge in [0.15, 0.2) is 0 Å². The monoisotopic (exact) mass is 322 g/mol. The van der Waals surface area contributed by atoms with Crippen LogP contribution in [0.3, 0.4) is 0 Å². The van der Waals surface area contributed by atoms with E-state index < -0.39 is 0 Å². The second kappa shape index (κ2) is 6.92. The molecule has 0 spiro atoms. The standard InChI is InChI=1S/C14H15BrN2S/c1-2-16-10-11-3-4-13(9-14(11)15)18-12-5-7-17-8-6-12/h3-9,16H,2,10H2,1H3. The number of nitrogens with one attached hydrogen (secondary N) is 1. The molecule has 0 aliphatic rings. The van der Waals surface area contributed by atoms with Crippen molar-refractivity contribution in [2.45, 2.75) is 23.3 Å². The van der Waals surface area contributed by atoms with Gasteiger partial charge in [0.05, 0.1) is 0 Å². The molecule has 2 aromatic rings. The minimum atomic E-state index is 0.900. The third kappa shape index (κ3) is 3.83. The molecule has 0 unspecified atom stereocenters. The van der Waals surface area contributed by atoms with Gasteiger partial charge in [0.1, 0.15) is 0 Å². The lowest BCUT2D eigenvalue weighted by molar-refractivity contribution is 0.724. The molecule has 94 valence electrons. The van der Waals surface area contributed by atoms with Crippen molar-refractivity contribution in [2.24, 2.45) is 0 Å². The van der Waals surface area contributed by atoms with Crippen LogP contribution in [0.2, 0.25) is 0 Å². The zero-order valence-corrected chi connectivity index (χ0v) is 12.6. The Morgan fingerprint density at radius 2 is 1.94 bits per heavy atom. The van der Waals surface area contributed by atoms with Crippen molar-refractivity contribution in [1.82, 2.24) is 10.3 Å². The van der Waals surface area contributed by atoms with Gasteiger partial charge < -0.3 is 5.32 Å². The first kappa shape index (κ1) is 13.6. The minimum Gasteiger partial charge on any atom is -0.313 e. The number of benzene rings is 1. The van der Waals surface area contributed by atoms with E-state index in [0.29, 0.717) is 0 Å². The topological polar surface area (TPSA) is 24.9 Å². The number of pyridine rings is 1. The summed E-state index contributed by atoms with van der Waals surface area (Å²) in [5.41, 5.74) is 1.29. The van der Waals surface area contributed by atoms with E-state index >= 15 is 0 Å². The van der Waals surface area contributed by atoms with Gasteiger partial charge in [-0.2, -0.15) is 0 Å². The maximum absolute atomic E-state index is 4.02. The second-order valence-electron chi connectivity index (χ2n) is 3.82. The molecular formula is C14H15BrN2S. The lowest BCUT2D eigenvalue weighted by atomic mass is 10.2. The number of hydrogen-bond acceptors (Lipinski definition) is 3. The lowest BCUT2D eigenvalue weighted by Gasteiger charge is -2.07. The summed E-state index contributed by atoms with van der Waals surface area (Å²) in [6.07, 6.45) is 3.63. The van der Waals surface area contributed by atoms with Gasteiger partial charge in [-0.3, -0.25) is 4.98 Å². The van der Waals surface area contributed by atoms with Gasteiger partial charge in [-0.25, -0.2) is 0 Å². The molecule has 0 atom stereocenters. The summed E-state index contributed by atoms with van der Waals surface area (Å²) in [6, 6.07) is 10.5. The third-order valence-electron chi connectivity index (χ3n) is 2.48. The van der Waals surface area contributed by atoms with Gasteiger partial charge in [0, 0.05) is 33.2 Å². The lowest BCUT2D eigenvalue weighted by Crippen LogP contribution is -2.11. The van der Waals surface area contributed by atoms with Crippen molar-refractivity contribution < 1.29 is 0 Å². The largest absolute Gasteiger partial charge is 0.313 e. The van der Waals surface area contributed by atoms with Gasteiger partial charge in [0.2, 0.25) is 0 Å². The Balaban J connectivity index is 2.09. The molecule has 2 nitrogen and oxygen atoms in total. The van der Waals surface area contributed by atoms with Crippen LogP contribution in [-0.4, -0.2) is 11.5 Å². The van der Waals surface area contributed by atoms with Crippen LogP contribution in [0.1, 0.15) is 12.5 Å². The molecule has 18 heavy (non-hydrogen) atoms. The van der Waals surface area contributed by atoms with E-state index in [2.05, 4.69) is 51.4 Å². The number of nitrogens with zero attached hydrogens (tertiary/aromatic N) is 1. The highest BCUT2D eigenvalue weighted by Crippen LogP contribution is 2.30. The highest BCUT2D eigenvalue weighted by molar-refractivity contribution is 9.10. The van der Waals surface area contributed by atoms with Gasteiger partial charge in [-0.15, -0.1) is 0 Å². The summed E-state index contributed by atoms with van der Waals surface area (Å²) in [5, 5.41) is 3.33. The van der Waals surface area contributed by atoms with Crippen LogP contribution in [0.25, 0.3) is 0 Å². The Kier molecular flexibility index (Phi) is 5.23. The van der Waals surface area contributed by atoms with Gasteiger partial charge in [-0.05, 0) is 36.4 Å². The normalized spacial score (nSPS) is 10.6. The molecule has 1 aromatic carbocycles. The number of halogens is 1. The van der Waals surface area contributed by atoms with E-state index in [-0.39, 0.29) is 0 Å². The summed E-state index contributed by atoms with van der Waals surface area (Å²) in [4.78, 5) is 6.46. The van der Waals surface area contributed by atoms with Crippen LogP contribution in [0.4, 0.5) is 0 Å². The summed E-state index contributed by atoms with van der Waals surface area (Å²) in [7, 11) is 0. The molecule has 0 radical (unpaired) electrons. The summed E-state index contributed by atoms with van der Waals surface area (Å²) in [5.74, 6) is 0. The van der Waals surface area contributed by atoms with Gasteiger partial charge >= 0.3 is 0 Å². The van der Waals surface area contributed by atoms with Gasteiger partial charge in [0.25, 0.3) is 0 Å². The van der Waals surface area contributed by atoms with Crippen molar-refractivity contribution in [3.8, 4) is 0 Å². The maximum Gasteiger partial charge on any atom is 0.0279 e. The molecule has 0 saturated heterocycles. The van der Waals surface area contributed by atoms with Crippen LogP contribution >= 0.6 is 27.7 Å². The van der Waals surface area contributed by atoms with Crippen LogP contribution in [0.5, 0.6) is 0 Å². The first-order valence-corrected chi connectivity index (χ1v) is 7.47. The van der Waals surface area contributed by atoms with Gasteiger partial charge in [-0.1, -0.05) is 40.7 Å². The molecule has 0 aliphatic heterocycles. The summed E-state index contributed by atoms with van der Waals surface area (Å²) < 4.78 is 1.16. The smallest absolute Gasteiger partial charge is 0.0279 e. The second-order valence-corrected chi connectivity index (χ2v) is 5.82. The Morgan fingerprint density at radius 1 is 1.17 bits per heavy atom. The number of aromatic nitrogens is 1. The molecular weight excluding hydrogens is 308 g/mol. The first-order valence-electron chi connectivity index (χ1n) is 5.86. The number of hydrogen-bond donors (Lipinski definition) is 1. The van der Waals surface area contributed by atoms with E-state index in [9.17, 15) is 0 Å². The molecule has 4 heteroatoms. The fraction of sp³-hybridized carbons (Fsp3) is 0.214. The Hall–Kier alpha value is -0.840. The quantitative estimate of drug-likeness (QED) is 0.896. The van der Waals surface area contributed by atoms with E-state index in [1.165, 1.54) is 15.4 Å². The van der Waals surface area contributed by atoms with E-state index in [0.717, 1.165) is 17.6 Å². The van der Waals surface area contributed by atoms with Crippen molar-refractivity contribution in [3.05, 3.63) is 52.8 Å². The van der Waals surface area contributed by atoms with Crippen molar-refractivity contribution in [2.75, 3.05) is 6.54 Å². The molecule has 0 saturated carbocycles. The molecule has 1 N–H and O–H groups in total. The zero-order chi connectivity index (χ0) is 12.8. The predicted octanol–water partition coefficient (Wildman–Crippen LogP) is 4.10. The van der Waals surface area contributed by atoms with Crippen LogP contribution in [0.15, 0.2) is 57.0 Å². The van der Waals surface area contributed by atoms with E-state index in [1.54, 1.807) is 11.8 Å². The number of rotatable bonds is 5. The average Bonchev–Trinajstić information content (AvgIpc) is 2.39. The van der Waals surface area contributed by atoms with E-state index in [4.69, 9.17) is 0 Å². The highest BCUT2D eigenvalue weighted by Gasteiger charge is 2.02. The highest BCUT2D eigenvalue weighted by atomic mass is 79.9. The molecule has 0 bridgehead atoms. The van der Waals surface area contributed by atoms with Crippen LogP contribution in [-0.2, 0) is 6.54 Å². The van der Waals surface area contributed by atoms with Crippen molar-refractivity contribution >= 4 is 27.7 Å². The molecule has 0 fully saturated rings. The molecule has 2 rings (SSSR count). The van der Waals surface area contributed by atoms with Crippen molar-refractivity contribution in [3.63, 3.8) is 0 Å².